The predicted molar refractivity (Wildman–Crippen MR) is 115 cm³/mol. The topological polar surface area (TPSA) is 105 Å². The number of allylic oxidation sites excluding steroid dienone is 4. The van der Waals surface area contributed by atoms with Crippen LogP contribution in [0, 0.1) is 16.7 Å². The minimum absolute atomic E-state index is 0.127. The van der Waals surface area contributed by atoms with E-state index in [4.69, 9.17) is 25.5 Å². The molecule has 0 amide bonds. The number of hydrogen-bond acceptors (Lipinski definition) is 5. The van der Waals surface area contributed by atoms with Crippen molar-refractivity contribution < 1.29 is 14.3 Å². The molecule has 3 N–H and O–H groups in total. The van der Waals surface area contributed by atoms with E-state index < -0.39 is 5.60 Å². The summed E-state index contributed by atoms with van der Waals surface area (Å²) in [5.41, 5.74) is 7.89. The molecule has 3 atom stereocenters. The van der Waals surface area contributed by atoms with Gasteiger partial charge in [-0.3, -0.25) is 10.2 Å². The molecule has 1 aromatic rings. The number of hydrogen-bond donors (Lipinski definition) is 2. The van der Waals surface area contributed by atoms with Gasteiger partial charge in [0.25, 0.3) is 0 Å². The van der Waals surface area contributed by atoms with Crippen LogP contribution in [0.3, 0.4) is 0 Å². The second-order valence-electron chi connectivity index (χ2n) is 7.75. The zero-order chi connectivity index (χ0) is 21.7. The first-order valence-corrected chi connectivity index (χ1v) is 10.3. The van der Waals surface area contributed by atoms with Crippen molar-refractivity contribution in [2.24, 2.45) is 5.73 Å². The molecule has 0 spiro atoms. The van der Waals surface area contributed by atoms with E-state index in [1.807, 2.05) is 31.2 Å². The van der Waals surface area contributed by atoms with Crippen LogP contribution in [0.2, 0.25) is 0 Å². The Bertz CT molecular complexity index is 889. The van der Waals surface area contributed by atoms with Crippen LogP contribution in [-0.2, 0) is 9.57 Å². The predicted octanol–water partition coefficient (Wildman–Crippen LogP) is 3.95. The molecule has 1 aliphatic carbocycles. The van der Waals surface area contributed by atoms with Crippen LogP contribution >= 0.6 is 0 Å². The summed E-state index contributed by atoms with van der Waals surface area (Å²) in [5, 5.41) is 18.2. The van der Waals surface area contributed by atoms with Crippen molar-refractivity contribution in [1.29, 1.82) is 10.7 Å². The molecule has 7 heteroatoms. The molecule has 0 saturated carbocycles. The number of nitrogens with two attached hydrogens (primary N) is 1. The number of ether oxygens (including phenoxy) is 2. The van der Waals surface area contributed by atoms with Crippen molar-refractivity contribution in [1.82, 2.24) is 5.06 Å². The van der Waals surface area contributed by atoms with Gasteiger partial charge in [-0.05, 0) is 43.5 Å². The Morgan fingerprint density at radius 1 is 1.43 bits per heavy atom. The van der Waals surface area contributed by atoms with Crippen molar-refractivity contribution in [2.45, 2.75) is 50.7 Å². The molecular weight excluding hydrogens is 380 g/mol. The summed E-state index contributed by atoms with van der Waals surface area (Å²) >= 11 is 0. The fourth-order valence-corrected chi connectivity index (χ4v) is 3.89. The van der Waals surface area contributed by atoms with E-state index in [-0.39, 0.29) is 18.0 Å². The minimum Gasteiger partial charge on any atom is -0.484 e. The lowest BCUT2D eigenvalue weighted by molar-refractivity contribution is -0.172. The van der Waals surface area contributed by atoms with Gasteiger partial charge in [0.2, 0.25) is 5.96 Å². The molecule has 1 heterocycles. The summed E-state index contributed by atoms with van der Waals surface area (Å²) in [6.45, 7) is 5.11. The summed E-state index contributed by atoms with van der Waals surface area (Å²) in [4.78, 5) is 6.07. The molecule has 30 heavy (non-hydrogen) atoms. The summed E-state index contributed by atoms with van der Waals surface area (Å²) in [6.07, 6.45) is 7.59. The average molecular weight is 411 g/mol. The number of rotatable bonds is 7. The minimum atomic E-state index is -0.506. The van der Waals surface area contributed by atoms with E-state index >= 15 is 0 Å². The van der Waals surface area contributed by atoms with Crippen LogP contribution in [0.4, 0.5) is 0 Å². The Kier molecular flexibility index (Phi) is 6.80. The molecule has 0 radical (unpaired) electrons. The maximum atomic E-state index is 9.26. The number of nitriles is 1. The fraction of sp³-hybridized carbons (Fsp3) is 0.478. The Morgan fingerprint density at radius 3 is 2.90 bits per heavy atom. The Labute approximate surface area is 178 Å². The molecule has 1 aliphatic heterocycles. The summed E-state index contributed by atoms with van der Waals surface area (Å²) < 4.78 is 12.2. The molecule has 0 bridgehead atoms. The molecule has 160 valence electrons. The second-order valence-corrected chi connectivity index (χ2v) is 7.75. The Morgan fingerprint density at radius 2 is 2.23 bits per heavy atom. The highest BCUT2D eigenvalue weighted by atomic mass is 16.7. The number of nitrogens with zero attached hydrogens (tertiary/aromatic N) is 2. The second kappa shape index (κ2) is 9.33. The molecule has 0 aromatic heterocycles. The number of nitrogens with one attached hydrogen (secondary N) is 1. The van der Waals surface area contributed by atoms with Gasteiger partial charge in [0.05, 0.1) is 12.7 Å². The summed E-state index contributed by atoms with van der Waals surface area (Å²) in [6, 6.07) is 8.36. The standard InChI is InChI=1S/C23H30N4O3/c1-4-23(15-28-5-2)13-21(30-27(3)22(25)26)19-12-18(9-10-20(19)29-23)17-8-6-7-16(11-17)14-24/h6-10,12,17,21H,4-5,11,13,15H2,1-3H3,(H3,25,26). The smallest absolute Gasteiger partial charge is 0.212 e. The highest BCUT2D eigenvalue weighted by Gasteiger charge is 2.42. The Balaban J connectivity index is 1.95. The maximum Gasteiger partial charge on any atom is 0.212 e. The van der Waals surface area contributed by atoms with E-state index in [2.05, 4.69) is 25.1 Å². The number of guanidine groups is 1. The van der Waals surface area contributed by atoms with Crippen molar-refractivity contribution in [3.05, 3.63) is 53.1 Å². The number of hydroxylamine groups is 2. The third kappa shape index (κ3) is 4.66. The van der Waals surface area contributed by atoms with Gasteiger partial charge in [0.1, 0.15) is 17.5 Å². The fourth-order valence-electron chi connectivity index (χ4n) is 3.89. The lowest BCUT2D eigenvalue weighted by atomic mass is 9.83. The molecule has 1 aromatic carbocycles. The molecule has 3 unspecified atom stereocenters. The van der Waals surface area contributed by atoms with Crippen LogP contribution in [0.5, 0.6) is 5.75 Å². The quantitative estimate of drug-likeness (QED) is 0.401. The molecule has 0 fully saturated rings. The van der Waals surface area contributed by atoms with E-state index in [9.17, 15) is 5.26 Å². The van der Waals surface area contributed by atoms with Gasteiger partial charge < -0.3 is 15.2 Å². The normalized spacial score (nSPS) is 24.9. The van der Waals surface area contributed by atoms with E-state index in [1.165, 1.54) is 5.06 Å². The summed E-state index contributed by atoms with van der Waals surface area (Å²) in [7, 11) is 1.63. The SMILES string of the molecule is CCOCC1(CC)CC(ON(C)C(=N)N)c2cc(C3C=CC=C(C#N)C3)ccc2O1. The first-order chi connectivity index (χ1) is 14.4. The van der Waals surface area contributed by atoms with Gasteiger partial charge in [0.15, 0.2) is 0 Å². The van der Waals surface area contributed by atoms with Gasteiger partial charge in [0, 0.05) is 37.1 Å². The average Bonchev–Trinajstić information content (AvgIpc) is 2.77. The largest absolute Gasteiger partial charge is 0.484 e. The molecule has 0 saturated heterocycles. The third-order valence-corrected chi connectivity index (χ3v) is 5.76. The Hall–Kier alpha value is -2.82. The first kappa shape index (κ1) is 21.9. The van der Waals surface area contributed by atoms with Crippen LogP contribution in [0.15, 0.2) is 42.0 Å². The van der Waals surface area contributed by atoms with Crippen LogP contribution < -0.4 is 10.5 Å². The number of benzene rings is 1. The third-order valence-electron chi connectivity index (χ3n) is 5.76. The van der Waals surface area contributed by atoms with Crippen LogP contribution in [0.25, 0.3) is 0 Å². The molecule has 2 aliphatic rings. The van der Waals surface area contributed by atoms with E-state index in [1.54, 1.807) is 7.05 Å². The van der Waals surface area contributed by atoms with Gasteiger partial charge in [-0.15, -0.1) is 0 Å². The van der Waals surface area contributed by atoms with E-state index in [0.717, 1.165) is 28.9 Å². The molecule has 3 rings (SSSR count). The highest BCUT2D eigenvalue weighted by Crippen LogP contribution is 2.45. The van der Waals surface area contributed by atoms with Crippen LogP contribution in [0.1, 0.15) is 56.3 Å². The monoisotopic (exact) mass is 410 g/mol. The van der Waals surface area contributed by atoms with Gasteiger partial charge in [-0.2, -0.15) is 5.26 Å². The van der Waals surface area contributed by atoms with Crippen molar-refractivity contribution >= 4 is 5.96 Å². The molecular formula is C23H30N4O3. The first-order valence-electron chi connectivity index (χ1n) is 10.3. The lowest BCUT2D eigenvalue weighted by Gasteiger charge is -2.42. The van der Waals surface area contributed by atoms with Crippen molar-refractivity contribution in [2.75, 3.05) is 20.3 Å². The highest BCUT2D eigenvalue weighted by molar-refractivity contribution is 5.73. The zero-order valence-corrected chi connectivity index (χ0v) is 17.9. The maximum absolute atomic E-state index is 9.26. The summed E-state index contributed by atoms with van der Waals surface area (Å²) in [5.74, 6) is 0.719. The lowest BCUT2D eigenvalue weighted by Crippen LogP contribution is -2.46. The van der Waals surface area contributed by atoms with Crippen LogP contribution in [-0.4, -0.2) is 36.9 Å². The van der Waals surface area contributed by atoms with E-state index in [0.29, 0.717) is 26.1 Å². The van der Waals surface area contributed by atoms with Gasteiger partial charge in [-0.25, -0.2) is 5.06 Å². The van der Waals surface area contributed by atoms with Gasteiger partial charge in [-0.1, -0.05) is 25.1 Å². The zero-order valence-electron chi connectivity index (χ0n) is 17.9. The van der Waals surface area contributed by atoms with Gasteiger partial charge >= 0.3 is 0 Å². The van der Waals surface area contributed by atoms with Crippen molar-refractivity contribution in [3.8, 4) is 11.8 Å². The molecule has 7 nitrogen and oxygen atoms in total. The van der Waals surface area contributed by atoms with Crippen molar-refractivity contribution in [3.63, 3.8) is 0 Å². The number of fused-ring (bicyclic) bond motifs is 1.